The Hall–Kier alpha value is -3.95. The average Bonchev–Trinajstić information content (AvgIpc) is 3.35. The molecule has 1 aliphatic heterocycles. The molecule has 0 aromatic heterocycles. The maximum Gasteiger partial charge on any atom is 0.329 e. The highest BCUT2D eigenvalue weighted by Gasteiger charge is 2.16. The number of halogens is 2. The molecule has 0 atom stereocenters. The fourth-order valence-electron chi connectivity index (χ4n) is 3.22. The van der Waals surface area contributed by atoms with Gasteiger partial charge in [0.05, 0.1) is 18.3 Å². The Morgan fingerprint density at radius 1 is 1.00 bits per heavy atom. The highest BCUT2D eigenvalue weighted by atomic mass is 35.5. The van der Waals surface area contributed by atoms with E-state index in [0.717, 1.165) is 11.1 Å². The second kappa shape index (κ2) is 11.7. The van der Waals surface area contributed by atoms with E-state index >= 15 is 0 Å². The molecule has 1 heterocycles. The number of hydrogen-bond acceptors (Lipinski definition) is 7. The minimum atomic E-state index is -0.923. The van der Waals surface area contributed by atoms with Gasteiger partial charge in [0.2, 0.25) is 6.79 Å². The molecular formula is C25H21Cl2N3O6. The summed E-state index contributed by atoms with van der Waals surface area (Å²) in [5.41, 5.74) is 4.36. The van der Waals surface area contributed by atoms with Crippen molar-refractivity contribution in [2.45, 2.75) is 13.2 Å². The van der Waals surface area contributed by atoms with Crippen LogP contribution in [0.3, 0.4) is 0 Å². The number of amides is 2. The van der Waals surface area contributed by atoms with Gasteiger partial charge in [0.1, 0.15) is 6.61 Å². The summed E-state index contributed by atoms with van der Waals surface area (Å²) in [5.74, 6) is 0.199. The summed E-state index contributed by atoms with van der Waals surface area (Å²) in [6.07, 6.45) is 1.33. The second-order valence-electron chi connectivity index (χ2n) is 7.52. The maximum atomic E-state index is 12.1. The number of rotatable bonds is 8. The molecular weight excluding hydrogens is 509 g/mol. The Labute approximate surface area is 216 Å². The van der Waals surface area contributed by atoms with Crippen molar-refractivity contribution in [2.24, 2.45) is 5.10 Å². The van der Waals surface area contributed by atoms with Gasteiger partial charge in [0.25, 0.3) is 0 Å². The summed E-state index contributed by atoms with van der Waals surface area (Å²) in [5, 5.41) is 7.26. The quantitative estimate of drug-likeness (QED) is 0.258. The van der Waals surface area contributed by atoms with Crippen LogP contribution >= 0.6 is 23.2 Å². The molecule has 2 amide bonds. The molecule has 11 heteroatoms. The molecule has 2 N–H and O–H groups in total. The van der Waals surface area contributed by atoms with E-state index in [-0.39, 0.29) is 25.0 Å². The topological polar surface area (TPSA) is 107 Å². The summed E-state index contributed by atoms with van der Waals surface area (Å²) in [6.45, 7) is 0.552. The van der Waals surface area contributed by atoms with Crippen LogP contribution in [0.2, 0.25) is 10.0 Å². The first-order valence-corrected chi connectivity index (χ1v) is 11.4. The monoisotopic (exact) mass is 529 g/mol. The molecule has 0 unspecified atom stereocenters. The molecule has 186 valence electrons. The molecule has 0 radical (unpaired) electrons. The van der Waals surface area contributed by atoms with Crippen molar-refractivity contribution in [1.29, 1.82) is 0 Å². The van der Waals surface area contributed by atoms with Crippen molar-refractivity contribution in [3.8, 4) is 23.0 Å². The first kappa shape index (κ1) is 25.2. The van der Waals surface area contributed by atoms with Gasteiger partial charge in [-0.3, -0.25) is 9.59 Å². The van der Waals surface area contributed by atoms with Crippen LogP contribution < -0.4 is 29.7 Å². The van der Waals surface area contributed by atoms with E-state index in [4.69, 9.17) is 42.1 Å². The molecule has 0 bridgehead atoms. The number of ether oxygens (including phenoxy) is 4. The normalized spacial score (nSPS) is 11.9. The van der Waals surface area contributed by atoms with Crippen LogP contribution in [-0.2, 0) is 22.7 Å². The van der Waals surface area contributed by atoms with Crippen LogP contribution in [0.1, 0.15) is 16.7 Å². The maximum absolute atomic E-state index is 12.1. The molecule has 3 aromatic rings. The van der Waals surface area contributed by atoms with Gasteiger partial charge in [-0.1, -0.05) is 41.4 Å². The van der Waals surface area contributed by atoms with Gasteiger partial charge < -0.3 is 24.3 Å². The van der Waals surface area contributed by atoms with Gasteiger partial charge in [-0.05, 0) is 53.1 Å². The third-order valence-electron chi connectivity index (χ3n) is 5.02. The number of carbonyl (C=O) groups excluding carboxylic acids is 2. The SMILES string of the molecule is COc1cc(/C=N\NC(=O)C(=O)NCc2ccc3c(c2)OCO3)cc(Cl)c1OCc1ccc(Cl)cc1. The van der Waals surface area contributed by atoms with Crippen LogP contribution in [-0.4, -0.2) is 31.9 Å². The molecule has 9 nitrogen and oxygen atoms in total. The van der Waals surface area contributed by atoms with Crippen molar-refractivity contribution in [1.82, 2.24) is 10.7 Å². The van der Waals surface area contributed by atoms with E-state index in [0.29, 0.717) is 33.6 Å². The van der Waals surface area contributed by atoms with Crippen LogP contribution in [0.25, 0.3) is 0 Å². The Morgan fingerprint density at radius 3 is 2.53 bits per heavy atom. The van der Waals surface area contributed by atoms with Crippen molar-refractivity contribution < 1.29 is 28.5 Å². The van der Waals surface area contributed by atoms with Gasteiger partial charge in [-0.15, -0.1) is 0 Å². The summed E-state index contributed by atoms with van der Waals surface area (Å²) < 4.78 is 21.7. The van der Waals surface area contributed by atoms with E-state index in [1.54, 1.807) is 42.5 Å². The fourth-order valence-corrected chi connectivity index (χ4v) is 3.62. The van der Waals surface area contributed by atoms with Crippen LogP contribution in [0.5, 0.6) is 23.0 Å². The van der Waals surface area contributed by atoms with Crippen LogP contribution in [0.4, 0.5) is 0 Å². The number of nitrogens with one attached hydrogen (secondary N) is 2. The number of carbonyl (C=O) groups is 2. The Morgan fingerprint density at radius 2 is 1.75 bits per heavy atom. The fraction of sp³-hybridized carbons (Fsp3) is 0.160. The van der Waals surface area contributed by atoms with Crippen molar-refractivity contribution >= 4 is 41.2 Å². The number of fused-ring (bicyclic) bond motifs is 1. The predicted octanol–water partition coefficient (Wildman–Crippen LogP) is 4.08. The summed E-state index contributed by atoms with van der Waals surface area (Å²) in [7, 11) is 1.48. The molecule has 36 heavy (non-hydrogen) atoms. The van der Waals surface area contributed by atoms with Crippen molar-refractivity contribution in [3.63, 3.8) is 0 Å². The minimum Gasteiger partial charge on any atom is -0.493 e. The average molecular weight is 530 g/mol. The third-order valence-corrected chi connectivity index (χ3v) is 5.56. The lowest BCUT2D eigenvalue weighted by atomic mass is 10.2. The number of hydrazone groups is 1. The van der Waals surface area contributed by atoms with Crippen LogP contribution in [0, 0.1) is 0 Å². The highest BCUT2D eigenvalue weighted by molar-refractivity contribution is 6.35. The third kappa shape index (κ3) is 6.38. The second-order valence-corrected chi connectivity index (χ2v) is 8.36. The van der Waals surface area contributed by atoms with E-state index in [1.165, 1.54) is 13.3 Å². The molecule has 3 aromatic carbocycles. The Bertz CT molecular complexity index is 1300. The standard InChI is InChI=1S/C25H21Cl2N3O6/c1-33-22-10-17(8-19(27)23(22)34-13-15-2-5-18(26)6-3-15)12-29-30-25(32)24(31)28-11-16-4-7-20-21(9-16)36-14-35-20/h2-10,12H,11,13-14H2,1H3,(H,28,31)(H,30,32)/b29-12-. The lowest BCUT2D eigenvalue weighted by Crippen LogP contribution is -2.37. The molecule has 4 rings (SSSR count). The van der Waals surface area contributed by atoms with E-state index < -0.39 is 11.8 Å². The van der Waals surface area contributed by atoms with E-state index in [9.17, 15) is 9.59 Å². The number of methoxy groups -OCH3 is 1. The summed E-state index contributed by atoms with van der Waals surface area (Å²) in [4.78, 5) is 24.1. The number of nitrogens with zero attached hydrogens (tertiary/aromatic N) is 1. The zero-order valence-corrected chi connectivity index (χ0v) is 20.6. The molecule has 0 fully saturated rings. The van der Waals surface area contributed by atoms with Gasteiger partial charge in [-0.25, -0.2) is 5.43 Å². The first-order valence-electron chi connectivity index (χ1n) is 10.7. The van der Waals surface area contributed by atoms with Gasteiger partial charge in [0.15, 0.2) is 23.0 Å². The molecule has 1 aliphatic rings. The summed E-state index contributed by atoms with van der Waals surface area (Å²) >= 11 is 12.3. The van der Waals surface area contributed by atoms with Gasteiger partial charge >= 0.3 is 11.8 Å². The van der Waals surface area contributed by atoms with Crippen molar-refractivity contribution in [3.05, 3.63) is 81.3 Å². The molecule has 0 spiro atoms. The number of benzene rings is 3. The highest BCUT2D eigenvalue weighted by Crippen LogP contribution is 2.36. The molecule has 0 saturated carbocycles. The number of hydrogen-bond donors (Lipinski definition) is 2. The Balaban J connectivity index is 1.31. The molecule has 0 saturated heterocycles. The van der Waals surface area contributed by atoms with Crippen LogP contribution in [0.15, 0.2) is 59.7 Å². The van der Waals surface area contributed by atoms with Gasteiger partial charge in [0, 0.05) is 11.6 Å². The minimum absolute atomic E-state index is 0.136. The van der Waals surface area contributed by atoms with E-state index in [2.05, 4.69) is 15.8 Å². The Kier molecular flexibility index (Phi) is 8.14. The largest absolute Gasteiger partial charge is 0.493 e. The van der Waals surface area contributed by atoms with E-state index in [1.807, 2.05) is 12.1 Å². The first-order chi connectivity index (χ1) is 17.4. The zero-order chi connectivity index (χ0) is 25.5. The smallest absolute Gasteiger partial charge is 0.329 e. The van der Waals surface area contributed by atoms with Crippen molar-refractivity contribution in [2.75, 3.05) is 13.9 Å². The lowest BCUT2D eigenvalue weighted by Gasteiger charge is -2.13. The summed E-state index contributed by atoms with van der Waals surface area (Å²) in [6, 6.07) is 15.7. The molecule has 0 aliphatic carbocycles. The zero-order valence-electron chi connectivity index (χ0n) is 19.0. The predicted molar refractivity (Wildman–Crippen MR) is 134 cm³/mol. The van der Waals surface area contributed by atoms with Gasteiger partial charge in [-0.2, -0.15) is 5.10 Å². The lowest BCUT2D eigenvalue weighted by molar-refractivity contribution is -0.139.